The first-order chi connectivity index (χ1) is 9.68. The van der Waals surface area contributed by atoms with Crippen LogP contribution in [0.15, 0.2) is 18.3 Å². The molecule has 1 aromatic rings. The molecular weight excluding hydrogens is 272 g/mol. The summed E-state index contributed by atoms with van der Waals surface area (Å²) in [5.41, 5.74) is 0.514. The third-order valence-corrected chi connectivity index (χ3v) is 4.31. The van der Waals surface area contributed by atoms with Crippen molar-refractivity contribution in [3.63, 3.8) is 0 Å². The van der Waals surface area contributed by atoms with E-state index < -0.39 is 0 Å². The molecule has 1 aliphatic carbocycles. The highest BCUT2D eigenvalue weighted by atomic mass is 32.1. The van der Waals surface area contributed by atoms with Gasteiger partial charge in [0.2, 0.25) is 0 Å². The van der Waals surface area contributed by atoms with Crippen molar-refractivity contribution in [1.82, 2.24) is 10.3 Å². The number of hydrogen-bond donors (Lipinski definition) is 3. The van der Waals surface area contributed by atoms with Crippen LogP contribution in [0.2, 0.25) is 0 Å². The van der Waals surface area contributed by atoms with Crippen molar-refractivity contribution in [2.75, 3.05) is 6.54 Å². The average molecular weight is 294 g/mol. The summed E-state index contributed by atoms with van der Waals surface area (Å²) in [5, 5.41) is 12.8. The van der Waals surface area contributed by atoms with E-state index in [1.165, 1.54) is 6.42 Å². The van der Waals surface area contributed by atoms with Crippen molar-refractivity contribution in [2.24, 2.45) is 5.92 Å². The third kappa shape index (κ3) is 4.15. The van der Waals surface area contributed by atoms with Gasteiger partial charge >= 0.3 is 0 Å². The van der Waals surface area contributed by atoms with Crippen molar-refractivity contribution < 1.29 is 9.90 Å². The summed E-state index contributed by atoms with van der Waals surface area (Å²) in [6.45, 7) is 0.631. The number of aromatic nitrogens is 1. The van der Waals surface area contributed by atoms with Crippen molar-refractivity contribution in [3.8, 4) is 0 Å². The van der Waals surface area contributed by atoms with E-state index in [0.717, 1.165) is 32.1 Å². The molecule has 1 aliphatic rings. The molecule has 0 unspecified atom stereocenters. The van der Waals surface area contributed by atoms with E-state index in [9.17, 15) is 9.90 Å². The van der Waals surface area contributed by atoms with Gasteiger partial charge in [0.1, 0.15) is 4.64 Å². The Labute approximate surface area is 124 Å². The molecule has 2 rings (SSSR count). The van der Waals surface area contributed by atoms with Crippen molar-refractivity contribution >= 4 is 18.1 Å². The fraction of sp³-hybridized carbons (Fsp3) is 0.600. The Morgan fingerprint density at radius 1 is 1.45 bits per heavy atom. The lowest BCUT2D eigenvalue weighted by Gasteiger charge is -2.27. The average Bonchev–Trinajstić information content (AvgIpc) is 2.45. The lowest BCUT2D eigenvalue weighted by Crippen LogP contribution is -2.28. The molecule has 1 heterocycles. The van der Waals surface area contributed by atoms with Gasteiger partial charge in [-0.2, -0.15) is 0 Å². The molecule has 1 aromatic heterocycles. The lowest BCUT2D eigenvalue weighted by atomic mass is 9.83. The Hall–Kier alpha value is -1.20. The number of hydrogen-bond acceptors (Lipinski definition) is 3. The molecule has 2 atom stereocenters. The number of carbonyl (C=O) groups excluding carboxylic acids is 1. The maximum atomic E-state index is 11.9. The van der Waals surface area contributed by atoms with Gasteiger partial charge in [-0.15, -0.1) is 0 Å². The molecule has 1 fully saturated rings. The number of pyridine rings is 1. The molecule has 0 aliphatic heterocycles. The number of nitrogens with one attached hydrogen (secondary N) is 2. The minimum Gasteiger partial charge on any atom is -0.393 e. The Morgan fingerprint density at radius 2 is 2.25 bits per heavy atom. The standard InChI is InChI=1S/C15H22N2O2S/c18-13-8-2-1-5-11(13)6-3-9-16-14(19)12-7-4-10-17-15(12)20/h4,7,10-11,13,18H,1-3,5-6,8-9H2,(H,16,19)(H,17,20)/t11-,13+/m1/s1. The zero-order chi connectivity index (χ0) is 14.4. The van der Waals surface area contributed by atoms with Gasteiger partial charge in [-0.1, -0.05) is 25.1 Å². The van der Waals surface area contributed by atoms with Crippen LogP contribution in [0.5, 0.6) is 0 Å². The Morgan fingerprint density at radius 3 is 3.00 bits per heavy atom. The molecule has 20 heavy (non-hydrogen) atoms. The van der Waals surface area contributed by atoms with Crippen LogP contribution in [0.25, 0.3) is 0 Å². The molecule has 0 bridgehead atoms. The molecule has 1 amide bonds. The van der Waals surface area contributed by atoms with E-state index in [1.807, 2.05) is 0 Å². The first-order valence-electron chi connectivity index (χ1n) is 7.32. The number of rotatable bonds is 5. The van der Waals surface area contributed by atoms with E-state index >= 15 is 0 Å². The summed E-state index contributed by atoms with van der Waals surface area (Å²) in [5.74, 6) is 0.274. The number of carbonyl (C=O) groups is 1. The summed E-state index contributed by atoms with van der Waals surface area (Å²) in [6, 6.07) is 3.49. The molecule has 0 spiro atoms. The fourth-order valence-electron chi connectivity index (χ4n) is 2.79. The molecule has 0 saturated heterocycles. The predicted octanol–water partition coefficient (Wildman–Crippen LogP) is 2.81. The second-order valence-corrected chi connectivity index (χ2v) is 5.83. The maximum Gasteiger partial charge on any atom is 0.254 e. The van der Waals surface area contributed by atoms with Gasteiger partial charge in [0.25, 0.3) is 5.91 Å². The summed E-state index contributed by atoms with van der Waals surface area (Å²) < 4.78 is 0.465. The summed E-state index contributed by atoms with van der Waals surface area (Å²) in [6.07, 6.45) is 7.83. The normalized spacial score (nSPS) is 22.4. The predicted molar refractivity (Wildman–Crippen MR) is 81.2 cm³/mol. The number of amides is 1. The van der Waals surface area contributed by atoms with Crippen molar-refractivity contribution in [2.45, 2.75) is 44.6 Å². The summed E-state index contributed by atoms with van der Waals surface area (Å²) in [7, 11) is 0. The van der Waals surface area contributed by atoms with Crippen LogP contribution in [0.1, 0.15) is 48.9 Å². The molecule has 5 heteroatoms. The Bertz CT molecular complexity index is 501. The SMILES string of the molecule is O=C(NCCC[C@H]1CCCC[C@@H]1O)c1ccc[nH]c1=S. The van der Waals surface area contributed by atoms with Gasteiger partial charge in [-0.05, 0) is 43.7 Å². The summed E-state index contributed by atoms with van der Waals surface area (Å²) >= 11 is 5.08. The van der Waals surface area contributed by atoms with Gasteiger partial charge in [0.05, 0.1) is 11.7 Å². The first kappa shape index (κ1) is 15.2. The van der Waals surface area contributed by atoms with Gasteiger partial charge in [0.15, 0.2) is 0 Å². The monoisotopic (exact) mass is 294 g/mol. The van der Waals surface area contributed by atoms with E-state index in [1.54, 1.807) is 18.3 Å². The number of aliphatic hydroxyl groups is 1. The van der Waals surface area contributed by atoms with Crippen LogP contribution in [0, 0.1) is 10.6 Å². The highest BCUT2D eigenvalue weighted by Crippen LogP contribution is 2.27. The van der Waals surface area contributed by atoms with Crippen molar-refractivity contribution in [3.05, 3.63) is 28.5 Å². The zero-order valence-electron chi connectivity index (χ0n) is 11.6. The minimum atomic E-state index is -0.151. The van der Waals surface area contributed by atoms with Crippen LogP contribution in [0.3, 0.4) is 0 Å². The van der Waals surface area contributed by atoms with Crippen LogP contribution in [-0.2, 0) is 0 Å². The second kappa shape index (κ2) is 7.55. The van der Waals surface area contributed by atoms with E-state index in [-0.39, 0.29) is 12.0 Å². The van der Waals surface area contributed by atoms with Gasteiger partial charge in [-0.3, -0.25) is 4.79 Å². The first-order valence-corrected chi connectivity index (χ1v) is 7.73. The largest absolute Gasteiger partial charge is 0.393 e. The van der Waals surface area contributed by atoms with Crippen LogP contribution in [0.4, 0.5) is 0 Å². The molecule has 0 aromatic carbocycles. The topological polar surface area (TPSA) is 65.1 Å². The molecule has 1 saturated carbocycles. The highest BCUT2D eigenvalue weighted by Gasteiger charge is 2.22. The Balaban J connectivity index is 1.72. The minimum absolute atomic E-state index is 0.129. The van der Waals surface area contributed by atoms with E-state index in [0.29, 0.717) is 22.7 Å². The zero-order valence-corrected chi connectivity index (χ0v) is 12.4. The molecule has 3 N–H and O–H groups in total. The van der Waals surface area contributed by atoms with Crippen LogP contribution < -0.4 is 5.32 Å². The van der Waals surface area contributed by atoms with Crippen LogP contribution >= 0.6 is 12.2 Å². The molecule has 110 valence electrons. The van der Waals surface area contributed by atoms with Gasteiger partial charge < -0.3 is 15.4 Å². The number of aromatic amines is 1. The van der Waals surface area contributed by atoms with E-state index in [2.05, 4.69) is 10.3 Å². The number of aliphatic hydroxyl groups excluding tert-OH is 1. The molecule has 4 nitrogen and oxygen atoms in total. The molecular formula is C15H22N2O2S. The smallest absolute Gasteiger partial charge is 0.254 e. The van der Waals surface area contributed by atoms with Crippen LogP contribution in [-0.4, -0.2) is 28.6 Å². The van der Waals surface area contributed by atoms with Crippen molar-refractivity contribution in [1.29, 1.82) is 0 Å². The Kier molecular flexibility index (Phi) is 5.73. The van der Waals surface area contributed by atoms with E-state index in [4.69, 9.17) is 12.2 Å². The summed E-state index contributed by atoms with van der Waals surface area (Å²) in [4.78, 5) is 14.8. The van der Waals surface area contributed by atoms with Gasteiger partial charge in [0, 0.05) is 12.7 Å². The maximum absolute atomic E-state index is 11.9. The molecule has 0 radical (unpaired) electrons. The highest BCUT2D eigenvalue weighted by molar-refractivity contribution is 7.71. The second-order valence-electron chi connectivity index (χ2n) is 5.42. The third-order valence-electron chi connectivity index (χ3n) is 3.97. The lowest BCUT2D eigenvalue weighted by molar-refractivity contribution is 0.0641. The van der Waals surface area contributed by atoms with Gasteiger partial charge in [-0.25, -0.2) is 0 Å². The number of H-pyrrole nitrogens is 1. The quantitative estimate of drug-likeness (QED) is 0.578. The fourth-order valence-corrected chi connectivity index (χ4v) is 3.02.